The molecule has 104 valence electrons. The second-order valence-electron chi connectivity index (χ2n) is 5.06. The average Bonchev–Trinajstić information content (AvgIpc) is 2.39. The molecular weight excluding hydrogens is 355 g/mol. The Balaban J connectivity index is 1.90. The van der Waals surface area contributed by atoms with Gasteiger partial charge in [-0.25, -0.2) is 4.79 Å². The lowest BCUT2D eigenvalue weighted by Crippen LogP contribution is -2.44. The van der Waals surface area contributed by atoms with Crippen molar-refractivity contribution in [3.8, 4) is 5.75 Å². The van der Waals surface area contributed by atoms with Crippen molar-refractivity contribution in [3.63, 3.8) is 0 Å². The number of carbonyl (C=O) groups is 1. The molecule has 0 bridgehead atoms. The van der Waals surface area contributed by atoms with Crippen LogP contribution in [0.15, 0.2) is 24.3 Å². The van der Waals surface area contributed by atoms with Gasteiger partial charge in [-0.1, -0.05) is 29.5 Å². The van der Waals surface area contributed by atoms with Crippen molar-refractivity contribution in [2.45, 2.75) is 23.2 Å². The van der Waals surface area contributed by atoms with E-state index < -0.39 is 0 Å². The number of hydrogen-bond acceptors (Lipinski definition) is 2. The first kappa shape index (κ1) is 14.4. The average molecular weight is 374 g/mol. The smallest absolute Gasteiger partial charge is 0.321 e. The number of benzene rings is 1. The molecule has 2 rings (SSSR count). The number of anilines is 1. The summed E-state index contributed by atoms with van der Waals surface area (Å²) in [4.78, 5) is 14.0. The third-order valence-corrected chi connectivity index (χ3v) is 4.51. The fraction of sp³-hybridized carbons (Fsp3) is 0.500. The van der Waals surface area contributed by atoms with E-state index in [1.54, 1.807) is 7.11 Å². The van der Waals surface area contributed by atoms with E-state index in [1.165, 1.54) is 0 Å². The number of carbonyl (C=O) groups excluding carboxylic acids is 1. The number of piperidine rings is 1. The van der Waals surface area contributed by atoms with Gasteiger partial charge in [-0.05, 0) is 37.1 Å². The van der Waals surface area contributed by atoms with Crippen molar-refractivity contribution in [2.75, 3.05) is 25.5 Å². The molecule has 0 saturated carbocycles. The molecule has 0 unspecified atom stereocenters. The van der Waals surface area contributed by atoms with Gasteiger partial charge in [0.05, 0.1) is 7.11 Å². The summed E-state index contributed by atoms with van der Waals surface area (Å²) in [5, 5.41) is 2.92. The molecule has 0 radical (unpaired) electrons. The van der Waals surface area contributed by atoms with E-state index in [1.807, 2.05) is 29.2 Å². The maximum Gasteiger partial charge on any atom is 0.321 e. The summed E-state index contributed by atoms with van der Waals surface area (Å²) in [5.74, 6) is 0.789. The molecule has 0 spiro atoms. The molecule has 5 heteroatoms. The van der Waals surface area contributed by atoms with E-state index in [-0.39, 0.29) is 6.03 Å². The third kappa shape index (κ3) is 3.99. The quantitative estimate of drug-likeness (QED) is 0.636. The zero-order chi connectivity index (χ0) is 13.9. The first-order chi connectivity index (χ1) is 9.00. The van der Waals surface area contributed by atoms with Crippen molar-refractivity contribution < 1.29 is 9.53 Å². The summed E-state index contributed by atoms with van der Waals surface area (Å²) in [6.45, 7) is 3.88. The van der Waals surface area contributed by atoms with Crippen LogP contribution in [0.2, 0.25) is 0 Å². The Bertz CT molecular complexity index is 435. The fourth-order valence-electron chi connectivity index (χ4n) is 2.05. The van der Waals surface area contributed by atoms with Gasteiger partial charge in [-0.15, -0.1) is 0 Å². The summed E-state index contributed by atoms with van der Waals surface area (Å²) in [6, 6.07) is 7.37. The fourth-order valence-corrected chi connectivity index (χ4v) is 2.54. The van der Waals surface area contributed by atoms with Gasteiger partial charge in [0.15, 0.2) is 0 Å². The molecule has 0 aliphatic carbocycles. The van der Waals surface area contributed by atoms with E-state index >= 15 is 0 Å². The number of nitrogens with zero attached hydrogens (tertiary/aromatic N) is 1. The predicted molar refractivity (Wildman–Crippen MR) is 85.2 cm³/mol. The number of nitrogens with one attached hydrogen (secondary N) is 1. The molecule has 1 fully saturated rings. The minimum atomic E-state index is -0.0166. The van der Waals surface area contributed by atoms with E-state index in [9.17, 15) is 4.79 Å². The number of halogens is 1. The molecule has 19 heavy (non-hydrogen) atoms. The van der Waals surface area contributed by atoms with Crippen LogP contribution in [0.1, 0.15) is 19.8 Å². The van der Waals surface area contributed by atoms with E-state index in [2.05, 4.69) is 34.8 Å². The highest BCUT2D eigenvalue weighted by Gasteiger charge is 2.29. The Labute approximate surface area is 127 Å². The van der Waals surface area contributed by atoms with E-state index in [4.69, 9.17) is 4.74 Å². The zero-order valence-electron chi connectivity index (χ0n) is 11.3. The lowest BCUT2D eigenvalue weighted by molar-refractivity contribution is 0.194. The maximum atomic E-state index is 12.1. The van der Waals surface area contributed by atoms with Crippen molar-refractivity contribution in [2.24, 2.45) is 0 Å². The number of urea groups is 1. The summed E-state index contributed by atoms with van der Waals surface area (Å²) in [5.41, 5.74) is 0.800. The molecule has 1 aromatic carbocycles. The van der Waals surface area contributed by atoms with E-state index in [0.717, 1.165) is 37.4 Å². The minimum Gasteiger partial charge on any atom is -0.497 e. The number of likely N-dealkylation sites (tertiary alicyclic amines) is 1. The van der Waals surface area contributed by atoms with Crippen LogP contribution in [0, 0.1) is 0 Å². The lowest BCUT2D eigenvalue weighted by atomic mass is 9.99. The van der Waals surface area contributed by atoms with Gasteiger partial charge in [0.2, 0.25) is 0 Å². The van der Waals surface area contributed by atoms with E-state index in [0.29, 0.717) is 3.42 Å². The Morgan fingerprint density at radius 2 is 1.89 bits per heavy atom. The molecule has 2 amide bonds. The normalized spacial score (nSPS) is 17.9. The number of ether oxygens (including phenoxy) is 1. The maximum absolute atomic E-state index is 12.1. The molecular formula is C14H19IN2O2. The number of alkyl halides is 1. The number of amides is 2. The summed E-state index contributed by atoms with van der Waals surface area (Å²) >= 11 is 2.48. The number of methoxy groups -OCH3 is 1. The van der Waals surface area contributed by atoms with Crippen LogP contribution >= 0.6 is 22.6 Å². The molecule has 0 atom stereocenters. The standard InChI is InChI=1S/C14H19IN2O2/c1-14(15)7-9-17(10-8-14)13(18)16-11-3-5-12(19-2)6-4-11/h3-6H,7-10H2,1-2H3,(H,16,18). The predicted octanol–water partition coefficient (Wildman–Crippen LogP) is 3.52. The molecule has 1 aromatic rings. The van der Waals surface area contributed by atoms with Crippen molar-refractivity contribution >= 4 is 34.3 Å². The highest BCUT2D eigenvalue weighted by atomic mass is 127. The Morgan fingerprint density at radius 3 is 2.42 bits per heavy atom. The molecule has 1 saturated heterocycles. The van der Waals surface area contributed by atoms with Crippen LogP contribution in [0.4, 0.5) is 10.5 Å². The topological polar surface area (TPSA) is 41.6 Å². The Kier molecular flexibility index (Phi) is 4.54. The SMILES string of the molecule is COc1ccc(NC(=O)N2CCC(C)(I)CC2)cc1. The van der Waals surface area contributed by atoms with Crippen LogP contribution in [0.3, 0.4) is 0 Å². The van der Waals surface area contributed by atoms with Gasteiger partial charge in [-0.3, -0.25) is 0 Å². The summed E-state index contributed by atoms with van der Waals surface area (Å²) in [6.07, 6.45) is 2.09. The Hall–Kier alpha value is -0.980. The van der Waals surface area contributed by atoms with Gasteiger partial charge in [-0.2, -0.15) is 0 Å². The summed E-state index contributed by atoms with van der Waals surface area (Å²) in [7, 11) is 1.63. The highest BCUT2D eigenvalue weighted by Crippen LogP contribution is 2.31. The molecule has 1 aliphatic rings. The van der Waals surface area contributed by atoms with Crippen molar-refractivity contribution in [3.05, 3.63) is 24.3 Å². The summed E-state index contributed by atoms with van der Waals surface area (Å²) < 4.78 is 5.42. The van der Waals surface area contributed by atoms with Crippen LogP contribution in [0.5, 0.6) is 5.75 Å². The van der Waals surface area contributed by atoms with Gasteiger partial charge in [0, 0.05) is 22.2 Å². The molecule has 1 N–H and O–H groups in total. The molecule has 4 nitrogen and oxygen atoms in total. The minimum absolute atomic E-state index is 0.0166. The first-order valence-corrected chi connectivity index (χ1v) is 7.47. The van der Waals surface area contributed by atoms with Gasteiger partial charge in [0.1, 0.15) is 5.75 Å². The lowest BCUT2D eigenvalue weighted by Gasteiger charge is -2.35. The van der Waals surface area contributed by atoms with Crippen LogP contribution < -0.4 is 10.1 Å². The molecule has 1 heterocycles. The largest absolute Gasteiger partial charge is 0.497 e. The Morgan fingerprint density at radius 1 is 1.32 bits per heavy atom. The van der Waals surface area contributed by atoms with Crippen LogP contribution in [-0.4, -0.2) is 34.6 Å². The van der Waals surface area contributed by atoms with Gasteiger partial charge in [0.25, 0.3) is 0 Å². The first-order valence-electron chi connectivity index (χ1n) is 6.39. The van der Waals surface area contributed by atoms with Crippen molar-refractivity contribution in [1.82, 2.24) is 4.90 Å². The third-order valence-electron chi connectivity index (χ3n) is 3.43. The van der Waals surface area contributed by atoms with Gasteiger partial charge < -0.3 is 15.0 Å². The van der Waals surface area contributed by atoms with Crippen LogP contribution in [0.25, 0.3) is 0 Å². The number of rotatable bonds is 2. The van der Waals surface area contributed by atoms with Crippen LogP contribution in [-0.2, 0) is 0 Å². The second-order valence-corrected chi connectivity index (χ2v) is 7.66. The zero-order valence-corrected chi connectivity index (χ0v) is 13.4. The second kappa shape index (κ2) is 5.98. The number of hydrogen-bond donors (Lipinski definition) is 1. The monoisotopic (exact) mass is 374 g/mol. The molecule has 0 aromatic heterocycles. The highest BCUT2D eigenvalue weighted by molar-refractivity contribution is 14.1. The molecule has 1 aliphatic heterocycles. The van der Waals surface area contributed by atoms with Gasteiger partial charge >= 0.3 is 6.03 Å². The van der Waals surface area contributed by atoms with Crippen molar-refractivity contribution in [1.29, 1.82) is 0 Å².